The Morgan fingerprint density at radius 1 is 0.421 bits per heavy atom. The molecule has 8 aromatic carbocycles. The van der Waals surface area contributed by atoms with E-state index in [1.54, 1.807) is 14.2 Å². The zero-order valence-electron chi connectivity index (χ0n) is 61.2. The largest absolute Gasteiger partial charge is 0.497 e. The van der Waals surface area contributed by atoms with Crippen molar-refractivity contribution in [2.24, 2.45) is 0 Å². The van der Waals surface area contributed by atoms with Gasteiger partial charge in [0.05, 0.1) is 33.7 Å². The van der Waals surface area contributed by atoms with Crippen LogP contribution in [0.25, 0.3) is 66.4 Å². The van der Waals surface area contributed by atoms with Gasteiger partial charge >= 0.3 is 11.9 Å². The first-order chi connectivity index (χ1) is 52.2. The predicted octanol–water partition coefficient (Wildman–Crippen LogP) is 24.2. The summed E-state index contributed by atoms with van der Waals surface area (Å²) in [7, 11) is 3.38. The topological polar surface area (TPSA) is 184 Å². The Bertz CT molecular complexity index is 5170. The number of thiophene rings is 2. The third-order valence-corrected chi connectivity index (χ3v) is 24.3. The highest BCUT2D eigenvalue weighted by atomic mass is 32.1. The second kappa shape index (κ2) is 29.1. The molecule has 3 aliphatic carbocycles. The van der Waals surface area contributed by atoms with Crippen LogP contribution in [-0.2, 0) is 25.8 Å². The lowest BCUT2D eigenvalue weighted by Crippen LogP contribution is -2.30. The van der Waals surface area contributed by atoms with Gasteiger partial charge in [0.1, 0.15) is 59.8 Å². The zero-order valence-corrected chi connectivity index (χ0v) is 62.9. The van der Waals surface area contributed by atoms with E-state index in [0.717, 1.165) is 144 Å². The minimum Gasteiger partial charge on any atom is -0.497 e. The molecule has 15 rings (SSSR count). The molecule has 0 unspecified atom stereocenters. The third kappa shape index (κ3) is 11.6. The van der Waals surface area contributed by atoms with Gasteiger partial charge in [0, 0.05) is 50.4 Å². The van der Waals surface area contributed by atoms with Crippen LogP contribution in [0.15, 0.2) is 194 Å². The molecular formula is C91H82N4O10S2. The van der Waals surface area contributed by atoms with Gasteiger partial charge in [0.15, 0.2) is 23.0 Å². The first-order valence-corrected chi connectivity index (χ1v) is 38.6. The van der Waals surface area contributed by atoms with Crippen molar-refractivity contribution >= 4 is 80.9 Å². The minimum absolute atomic E-state index is 0.285. The van der Waals surface area contributed by atoms with E-state index in [2.05, 4.69) is 185 Å². The molecule has 0 saturated heterocycles. The third-order valence-electron chi connectivity index (χ3n) is 22.0. The molecule has 14 nitrogen and oxygen atoms in total. The minimum atomic E-state index is -1.33. The van der Waals surface area contributed by atoms with E-state index in [1.165, 1.54) is 127 Å². The molecule has 4 heterocycles. The summed E-state index contributed by atoms with van der Waals surface area (Å²) in [6, 6.07) is 61.1. The van der Waals surface area contributed by atoms with Crippen molar-refractivity contribution < 1.29 is 48.2 Å². The molecule has 2 aliphatic heterocycles. The van der Waals surface area contributed by atoms with Gasteiger partial charge < -0.3 is 48.4 Å². The SMILES string of the molecule is CCCC1(CCC)c2ccccc2-c2c1c1c(c3c2C(CCC)(CCC)c2cc(N(c4ccc(OC)cc4)c4ccc(-c5sc(/C=C(/C#N)C(=O)O)c6c5OC=CO6)cc4)ccc2-3)C(CCC)(CCC)c2cc(N(c3ccc(OC)cc3)c3ccc(-c4sc(/C=C(/C#N)C(=O)O)c5c4OC=CO5)cc3)ccc2-1. The number of carboxylic acid groups (broad SMARTS) is 2. The highest BCUT2D eigenvalue weighted by Crippen LogP contribution is 2.72. The van der Waals surface area contributed by atoms with Crippen LogP contribution in [0.2, 0.25) is 0 Å². The molecule has 0 bridgehead atoms. The quantitative estimate of drug-likeness (QED) is 0.0385. The van der Waals surface area contributed by atoms with E-state index in [4.69, 9.17) is 28.4 Å². The fourth-order valence-corrected chi connectivity index (χ4v) is 20.5. The lowest BCUT2D eigenvalue weighted by atomic mass is 9.64. The Morgan fingerprint density at radius 2 is 0.729 bits per heavy atom. The maximum atomic E-state index is 12.1. The fourth-order valence-electron chi connectivity index (χ4n) is 18.2. The zero-order chi connectivity index (χ0) is 74.5. The summed E-state index contributed by atoms with van der Waals surface area (Å²) in [5.41, 5.74) is 22.3. The standard InChI is InChI=1S/C91H82N4O10S2/c1-9-39-89(40-10-2)70-18-16-15-17-67(70)75-78(89)76-68-37-31-63(94(61-27-33-65(100-7)34-28-61)59-23-19-55(20-24-59)85-83-81(102-45-47-104-83)73(106-85)49-57(53-92)87(96)97)51-71(68)91(43-13-5,44-14-6)80(76)77-69-38-32-64(52-72(69)90(41-11-3,42-12-4)79(75)77)95(62-29-35-66(101-8)36-30-62)60-25-21-56(22-26-60)86-84-82(103-46-48-105-84)74(107-86)50-58(54-93)88(98)99/h15-38,45-52H,9-14,39-44H2,1-8H3,(H,96,97)(H,98,99)/b57-49-,58-50-. The summed E-state index contributed by atoms with van der Waals surface area (Å²) in [6.07, 6.45) is 20.0. The van der Waals surface area contributed by atoms with Crippen LogP contribution < -0.4 is 38.2 Å². The van der Waals surface area contributed by atoms with E-state index in [1.807, 2.05) is 36.4 Å². The molecular weight excluding hydrogens is 1370 g/mol. The number of carbonyl (C=O) groups is 2. The lowest BCUT2D eigenvalue weighted by Gasteiger charge is -2.39. The van der Waals surface area contributed by atoms with E-state index >= 15 is 0 Å². The van der Waals surface area contributed by atoms with Crippen molar-refractivity contribution in [2.45, 2.75) is 135 Å². The van der Waals surface area contributed by atoms with Crippen LogP contribution >= 0.6 is 22.7 Å². The molecule has 10 aromatic rings. The number of hydrogen-bond acceptors (Lipinski definition) is 14. The van der Waals surface area contributed by atoms with Crippen LogP contribution in [-0.4, -0.2) is 36.4 Å². The maximum absolute atomic E-state index is 12.1. The Labute approximate surface area is 632 Å². The summed E-state index contributed by atoms with van der Waals surface area (Å²) >= 11 is 2.60. The molecule has 5 aliphatic rings. The van der Waals surface area contributed by atoms with Crippen molar-refractivity contribution in [2.75, 3.05) is 24.0 Å². The van der Waals surface area contributed by atoms with Crippen molar-refractivity contribution in [1.29, 1.82) is 10.5 Å². The molecule has 16 heteroatoms. The molecule has 0 fully saturated rings. The van der Waals surface area contributed by atoms with Crippen molar-refractivity contribution in [3.05, 3.63) is 237 Å². The summed E-state index contributed by atoms with van der Waals surface area (Å²) in [6.45, 7) is 14.2. The number of fused-ring (bicyclic) bond motifs is 14. The molecule has 0 saturated carbocycles. The molecule has 2 aromatic heterocycles. The number of carboxylic acids is 2. The predicted molar refractivity (Wildman–Crippen MR) is 427 cm³/mol. The average molecular weight is 1460 g/mol. The number of methoxy groups -OCH3 is 2. The van der Waals surface area contributed by atoms with Gasteiger partial charge in [-0.25, -0.2) is 9.59 Å². The lowest BCUT2D eigenvalue weighted by molar-refractivity contribution is -0.133. The summed E-state index contributed by atoms with van der Waals surface area (Å²) < 4.78 is 35.6. The molecule has 0 amide bonds. The first-order valence-electron chi connectivity index (χ1n) is 37.0. The Kier molecular flexibility index (Phi) is 19.3. The highest BCUT2D eigenvalue weighted by Gasteiger charge is 2.57. The van der Waals surface area contributed by atoms with Gasteiger partial charge in [0.25, 0.3) is 0 Å². The molecule has 0 radical (unpaired) electrons. The number of benzene rings is 8. The Balaban J connectivity index is 0.955. The number of nitrogens with zero attached hydrogens (tertiary/aromatic N) is 4. The average Bonchev–Trinajstić information content (AvgIpc) is 1.48. The number of rotatable bonds is 26. The summed E-state index contributed by atoms with van der Waals surface area (Å²) in [5.74, 6) is 0.424. The summed E-state index contributed by atoms with van der Waals surface area (Å²) in [5, 5.41) is 39.3. The van der Waals surface area contributed by atoms with Crippen LogP contribution in [0.3, 0.4) is 0 Å². The van der Waals surface area contributed by atoms with Gasteiger partial charge in [0.2, 0.25) is 0 Å². The van der Waals surface area contributed by atoms with Gasteiger partial charge in [-0.15, -0.1) is 22.7 Å². The van der Waals surface area contributed by atoms with Crippen LogP contribution in [0.1, 0.15) is 162 Å². The smallest absolute Gasteiger partial charge is 0.346 e. The molecule has 0 atom stereocenters. The maximum Gasteiger partial charge on any atom is 0.346 e. The number of hydrogen-bond donors (Lipinski definition) is 2. The van der Waals surface area contributed by atoms with Gasteiger partial charge in [-0.05, 0) is 226 Å². The van der Waals surface area contributed by atoms with Gasteiger partial charge in [-0.2, -0.15) is 10.5 Å². The second-order valence-corrected chi connectivity index (χ2v) is 30.1. The monoisotopic (exact) mass is 1450 g/mol. The molecule has 107 heavy (non-hydrogen) atoms. The van der Waals surface area contributed by atoms with Crippen LogP contribution in [0.4, 0.5) is 34.1 Å². The number of anilines is 6. The normalized spacial score (nSPS) is 14.6. The van der Waals surface area contributed by atoms with E-state index in [0.29, 0.717) is 32.8 Å². The highest BCUT2D eigenvalue weighted by molar-refractivity contribution is 7.17. The fraction of sp³-hybridized carbons (Fsp3) is 0.253. The number of aliphatic carboxylic acids is 2. The second-order valence-electron chi connectivity index (χ2n) is 28.0. The molecule has 0 spiro atoms. The van der Waals surface area contributed by atoms with Crippen LogP contribution in [0.5, 0.6) is 34.5 Å². The summed E-state index contributed by atoms with van der Waals surface area (Å²) in [4.78, 5) is 31.2. The van der Waals surface area contributed by atoms with E-state index in [-0.39, 0.29) is 5.41 Å². The van der Waals surface area contributed by atoms with E-state index < -0.39 is 33.9 Å². The molecule has 538 valence electrons. The Morgan fingerprint density at radius 3 is 1.06 bits per heavy atom. The van der Waals surface area contributed by atoms with Crippen molar-refractivity contribution in [3.63, 3.8) is 0 Å². The van der Waals surface area contributed by atoms with Gasteiger partial charge in [-0.3, -0.25) is 0 Å². The number of ether oxygens (including phenoxy) is 6. The number of nitriles is 2. The van der Waals surface area contributed by atoms with Crippen molar-refractivity contribution in [1.82, 2.24) is 0 Å². The van der Waals surface area contributed by atoms with Crippen LogP contribution in [0, 0.1) is 22.7 Å². The van der Waals surface area contributed by atoms with E-state index in [9.17, 15) is 30.3 Å². The van der Waals surface area contributed by atoms with Crippen molar-refractivity contribution in [3.8, 4) is 101 Å². The molecule has 2 N–H and O–H groups in total. The Hall–Kier alpha value is -11.6. The van der Waals surface area contributed by atoms with Gasteiger partial charge in [-0.1, -0.05) is 141 Å². The first kappa shape index (κ1) is 71.1.